The fourth-order valence-electron chi connectivity index (χ4n) is 2.27. The van der Waals surface area contributed by atoms with E-state index in [4.69, 9.17) is 4.74 Å². The number of hydrogen-bond acceptors (Lipinski definition) is 3. The smallest absolute Gasteiger partial charge is 0.252 e. The summed E-state index contributed by atoms with van der Waals surface area (Å²) in [7, 11) is 0. The second-order valence-corrected chi connectivity index (χ2v) is 4.92. The minimum Gasteiger partial charge on any atom is -0.489 e. The zero-order valence-corrected chi connectivity index (χ0v) is 11.0. The van der Waals surface area contributed by atoms with Gasteiger partial charge in [0.2, 0.25) is 0 Å². The molecule has 110 valence electrons. The molecule has 20 heavy (non-hydrogen) atoms. The Kier molecular flexibility index (Phi) is 4.54. The lowest BCUT2D eigenvalue weighted by atomic mass is 10.0. The van der Waals surface area contributed by atoms with E-state index in [2.05, 4.69) is 5.32 Å². The van der Waals surface area contributed by atoms with Crippen molar-refractivity contribution in [3.05, 3.63) is 29.8 Å². The Labute approximate surface area is 115 Å². The molecule has 0 aromatic heterocycles. The van der Waals surface area contributed by atoms with Crippen LogP contribution in [0.25, 0.3) is 0 Å². The van der Waals surface area contributed by atoms with Crippen molar-refractivity contribution < 1.29 is 23.4 Å². The van der Waals surface area contributed by atoms with Crippen molar-refractivity contribution in [3.8, 4) is 5.75 Å². The Morgan fingerprint density at radius 1 is 1.35 bits per heavy atom. The molecule has 0 unspecified atom stereocenters. The van der Waals surface area contributed by atoms with Crippen molar-refractivity contribution in [2.24, 2.45) is 0 Å². The number of aliphatic hydroxyl groups is 1. The van der Waals surface area contributed by atoms with Crippen LogP contribution in [0.2, 0.25) is 0 Å². The standard InChI is InChI=1S/C14H17F2NO3/c15-10-3-4-12(11(16)9-10)20-8-7-17-13(18)14(19)5-1-2-6-14/h3-4,9,19H,1-2,5-8H2,(H,17,18). The van der Waals surface area contributed by atoms with Gasteiger partial charge >= 0.3 is 0 Å². The van der Waals surface area contributed by atoms with Crippen molar-refractivity contribution in [3.63, 3.8) is 0 Å². The third kappa shape index (κ3) is 3.45. The van der Waals surface area contributed by atoms with Crippen molar-refractivity contribution >= 4 is 5.91 Å². The molecule has 1 aromatic carbocycles. The highest BCUT2D eigenvalue weighted by Crippen LogP contribution is 2.29. The first-order valence-corrected chi connectivity index (χ1v) is 6.60. The maximum atomic E-state index is 13.3. The zero-order valence-electron chi connectivity index (χ0n) is 11.0. The lowest BCUT2D eigenvalue weighted by Crippen LogP contribution is -2.45. The molecule has 0 spiro atoms. The van der Waals surface area contributed by atoms with Gasteiger partial charge in [-0.15, -0.1) is 0 Å². The van der Waals surface area contributed by atoms with Crippen LogP contribution in [0.1, 0.15) is 25.7 Å². The average molecular weight is 285 g/mol. The van der Waals surface area contributed by atoms with Crippen LogP contribution in [0.5, 0.6) is 5.75 Å². The lowest BCUT2D eigenvalue weighted by molar-refractivity contribution is -0.139. The number of hydrogen-bond donors (Lipinski definition) is 2. The Balaban J connectivity index is 1.75. The average Bonchev–Trinajstić information content (AvgIpc) is 2.85. The van der Waals surface area contributed by atoms with Crippen LogP contribution in [0, 0.1) is 11.6 Å². The fraction of sp³-hybridized carbons (Fsp3) is 0.500. The second-order valence-electron chi connectivity index (χ2n) is 4.92. The highest BCUT2D eigenvalue weighted by Gasteiger charge is 2.38. The van der Waals surface area contributed by atoms with Crippen molar-refractivity contribution in [2.45, 2.75) is 31.3 Å². The molecule has 1 amide bonds. The van der Waals surface area contributed by atoms with Gasteiger partial charge in [0.15, 0.2) is 11.6 Å². The molecule has 0 bridgehead atoms. The van der Waals surface area contributed by atoms with Crippen LogP contribution >= 0.6 is 0 Å². The highest BCUT2D eigenvalue weighted by molar-refractivity contribution is 5.85. The van der Waals surface area contributed by atoms with Crippen molar-refractivity contribution in [1.82, 2.24) is 5.32 Å². The molecule has 2 rings (SSSR count). The van der Waals surface area contributed by atoms with Gasteiger partial charge in [-0.05, 0) is 37.8 Å². The summed E-state index contributed by atoms with van der Waals surface area (Å²) < 4.78 is 31.0. The molecule has 4 nitrogen and oxygen atoms in total. The monoisotopic (exact) mass is 285 g/mol. The van der Waals surface area contributed by atoms with E-state index in [1.165, 1.54) is 6.07 Å². The first kappa shape index (κ1) is 14.7. The van der Waals surface area contributed by atoms with Crippen LogP contribution in [-0.2, 0) is 4.79 Å². The van der Waals surface area contributed by atoms with E-state index in [0.717, 1.165) is 25.0 Å². The maximum Gasteiger partial charge on any atom is 0.252 e. The number of amides is 1. The normalized spacial score (nSPS) is 16.9. The molecule has 1 aliphatic rings. The van der Waals surface area contributed by atoms with Gasteiger partial charge in [-0.2, -0.15) is 0 Å². The molecule has 1 saturated carbocycles. The van der Waals surface area contributed by atoms with E-state index in [0.29, 0.717) is 12.8 Å². The van der Waals surface area contributed by atoms with Crippen LogP contribution in [-0.4, -0.2) is 29.8 Å². The Morgan fingerprint density at radius 3 is 2.70 bits per heavy atom. The van der Waals surface area contributed by atoms with Crippen molar-refractivity contribution in [2.75, 3.05) is 13.2 Å². The SMILES string of the molecule is O=C(NCCOc1ccc(F)cc1F)C1(O)CCCC1. The van der Waals surface area contributed by atoms with Gasteiger partial charge in [-0.1, -0.05) is 0 Å². The van der Waals surface area contributed by atoms with E-state index in [-0.39, 0.29) is 18.9 Å². The van der Waals surface area contributed by atoms with Gasteiger partial charge in [0, 0.05) is 6.07 Å². The van der Waals surface area contributed by atoms with E-state index in [1.54, 1.807) is 0 Å². The van der Waals surface area contributed by atoms with E-state index in [9.17, 15) is 18.7 Å². The topological polar surface area (TPSA) is 58.6 Å². The van der Waals surface area contributed by atoms with E-state index in [1.807, 2.05) is 0 Å². The molecule has 0 heterocycles. The summed E-state index contributed by atoms with van der Waals surface area (Å²) in [6, 6.07) is 3.02. The predicted octanol–water partition coefficient (Wildman–Crippen LogP) is 1.76. The Hall–Kier alpha value is -1.69. The fourth-order valence-corrected chi connectivity index (χ4v) is 2.27. The molecule has 0 radical (unpaired) electrons. The second kappa shape index (κ2) is 6.17. The number of halogens is 2. The zero-order chi connectivity index (χ0) is 14.6. The molecule has 6 heteroatoms. The van der Waals surface area contributed by atoms with Gasteiger partial charge in [-0.25, -0.2) is 8.78 Å². The molecule has 0 saturated heterocycles. The quantitative estimate of drug-likeness (QED) is 0.811. The van der Waals surface area contributed by atoms with E-state index >= 15 is 0 Å². The number of nitrogens with one attached hydrogen (secondary N) is 1. The Bertz CT molecular complexity index is 487. The third-order valence-electron chi connectivity index (χ3n) is 3.39. The Morgan fingerprint density at radius 2 is 2.05 bits per heavy atom. The van der Waals surface area contributed by atoms with Crippen LogP contribution in [0.3, 0.4) is 0 Å². The molecular formula is C14H17F2NO3. The van der Waals surface area contributed by atoms with Crippen LogP contribution < -0.4 is 10.1 Å². The van der Waals surface area contributed by atoms with E-state index < -0.39 is 23.1 Å². The lowest BCUT2D eigenvalue weighted by Gasteiger charge is -2.20. The highest BCUT2D eigenvalue weighted by atomic mass is 19.1. The first-order valence-electron chi connectivity index (χ1n) is 6.60. The summed E-state index contributed by atoms with van der Waals surface area (Å²) in [5.74, 6) is -1.95. The van der Waals surface area contributed by atoms with Crippen LogP contribution in [0.15, 0.2) is 18.2 Å². The molecule has 2 N–H and O–H groups in total. The third-order valence-corrected chi connectivity index (χ3v) is 3.39. The largest absolute Gasteiger partial charge is 0.489 e. The molecular weight excluding hydrogens is 268 g/mol. The summed E-state index contributed by atoms with van der Waals surface area (Å²) in [5, 5.41) is 12.6. The number of rotatable bonds is 5. The number of carbonyl (C=O) groups is 1. The molecule has 1 aromatic rings. The van der Waals surface area contributed by atoms with Gasteiger partial charge in [0.05, 0.1) is 6.54 Å². The molecule has 1 aliphatic carbocycles. The summed E-state index contributed by atoms with van der Waals surface area (Å²) in [4.78, 5) is 11.7. The van der Waals surface area contributed by atoms with Gasteiger partial charge in [-0.3, -0.25) is 4.79 Å². The van der Waals surface area contributed by atoms with Crippen molar-refractivity contribution in [1.29, 1.82) is 0 Å². The number of benzene rings is 1. The molecule has 1 fully saturated rings. The summed E-state index contributed by atoms with van der Waals surface area (Å²) >= 11 is 0. The molecule has 0 atom stereocenters. The number of carbonyl (C=O) groups excluding carboxylic acids is 1. The summed E-state index contributed by atoms with van der Waals surface area (Å²) in [5.41, 5.74) is -1.28. The van der Waals surface area contributed by atoms with Crippen LogP contribution in [0.4, 0.5) is 8.78 Å². The minimum absolute atomic E-state index is 0.0460. The maximum absolute atomic E-state index is 13.3. The minimum atomic E-state index is -1.28. The first-order chi connectivity index (χ1) is 9.51. The van der Waals surface area contributed by atoms with Gasteiger partial charge in [0.1, 0.15) is 18.0 Å². The predicted molar refractivity (Wildman–Crippen MR) is 68.3 cm³/mol. The van der Waals surface area contributed by atoms with Gasteiger partial charge < -0.3 is 15.2 Å². The number of ether oxygens (including phenoxy) is 1. The summed E-state index contributed by atoms with van der Waals surface area (Å²) in [6.07, 6.45) is 2.60. The summed E-state index contributed by atoms with van der Waals surface area (Å²) in [6.45, 7) is 0.197. The van der Waals surface area contributed by atoms with Gasteiger partial charge in [0.25, 0.3) is 5.91 Å². The molecule has 0 aliphatic heterocycles.